The molecule has 0 unspecified atom stereocenters. The largest absolute Gasteiger partial charge is 0.481 e. The topological polar surface area (TPSA) is 71.4 Å². The zero-order valence-corrected chi connectivity index (χ0v) is 12.2. The summed E-state index contributed by atoms with van der Waals surface area (Å²) in [6.45, 7) is 0. The number of rotatable bonds is 5. The van der Waals surface area contributed by atoms with Gasteiger partial charge in [-0.2, -0.15) is 0 Å². The van der Waals surface area contributed by atoms with Crippen LogP contribution in [0.1, 0.15) is 44.1 Å². The summed E-state index contributed by atoms with van der Waals surface area (Å²) in [5.74, 6) is -0.844. The molecular weight excluding hydrogens is 276 g/mol. The van der Waals surface area contributed by atoms with E-state index in [0.29, 0.717) is 11.3 Å². The van der Waals surface area contributed by atoms with E-state index in [1.807, 2.05) is 0 Å². The molecule has 1 aromatic carbocycles. The Morgan fingerprint density at radius 2 is 1.70 bits per heavy atom. The molecule has 0 heterocycles. The van der Waals surface area contributed by atoms with E-state index in [2.05, 4.69) is 0 Å². The van der Waals surface area contributed by atoms with Crippen molar-refractivity contribution in [1.29, 1.82) is 0 Å². The van der Waals surface area contributed by atoms with Crippen LogP contribution in [0.15, 0.2) is 29.2 Å². The Bertz CT molecular complexity index is 554. The highest BCUT2D eigenvalue weighted by Gasteiger charge is 2.28. The van der Waals surface area contributed by atoms with Gasteiger partial charge in [-0.3, -0.25) is 4.79 Å². The number of aliphatic carboxylic acids is 1. The molecule has 2 rings (SSSR count). The van der Waals surface area contributed by atoms with Crippen LogP contribution in [0, 0.1) is 0 Å². The monoisotopic (exact) mass is 296 g/mol. The Kier molecular flexibility index (Phi) is 4.81. The molecule has 4 nitrogen and oxygen atoms in total. The van der Waals surface area contributed by atoms with Gasteiger partial charge in [0.05, 0.1) is 10.1 Å². The molecule has 0 aliphatic heterocycles. The summed E-state index contributed by atoms with van der Waals surface area (Å²) in [6.07, 6.45) is 5.10. The summed E-state index contributed by atoms with van der Waals surface area (Å²) in [5, 5.41) is 8.38. The molecule has 110 valence electrons. The second-order valence-electron chi connectivity index (χ2n) is 5.34. The highest BCUT2D eigenvalue weighted by molar-refractivity contribution is 7.92. The Morgan fingerprint density at radius 1 is 1.10 bits per heavy atom. The molecule has 1 fully saturated rings. The van der Waals surface area contributed by atoms with Gasteiger partial charge in [0.1, 0.15) is 0 Å². The maximum atomic E-state index is 12.5. The quantitative estimate of drug-likeness (QED) is 0.907. The molecule has 1 saturated carbocycles. The maximum absolute atomic E-state index is 12.5. The van der Waals surface area contributed by atoms with Gasteiger partial charge in [-0.05, 0) is 37.0 Å². The first-order chi connectivity index (χ1) is 9.50. The van der Waals surface area contributed by atoms with Crippen molar-refractivity contribution < 1.29 is 18.3 Å². The van der Waals surface area contributed by atoms with Crippen molar-refractivity contribution in [1.82, 2.24) is 0 Å². The van der Waals surface area contributed by atoms with E-state index >= 15 is 0 Å². The lowest BCUT2D eigenvalue weighted by Gasteiger charge is -2.21. The summed E-state index contributed by atoms with van der Waals surface area (Å²) in [5.41, 5.74) is 0.856. The highest BCUT2D eigenvalue weighted by atomic mass is 32.2. The Labute approximate surface area is 119 Å². The highest BCUT2D eigenvalue weighted by Crippen LogP contribution is 2.28. The molecule has 0 radical (unpaired) electrons. The van der Waals surface area contributed by atoms with Crippen LogP contribution in [0.5, 0.6) is 0 Å². The number of aryl methyl sites for hydroxylation is 1. The van der Waals surface area contributed by atoms with Gasteiger partial charge in [0.25, 0.3) is 0 Å². The van der Waals surface area contributed by atoms with E-state index in [9.17, 15) is 13.2 Å². The fourth-order valence-corrected chi connectivity index (χ4v) is 4.52. The fraction of sp³-hybridized carbons (Fsp3) is 0.533. The van der Waals surface area contributed by atoms with E-state index < -0.39 is 15.8 Å². The van der Waals surface area contributed by atoms with Crippen molar-refractivity contribution in [3.05, 3.63) is 29.8 Å². The third-order valence-corrected chi connectivity index (χ3v) is 6.15. The molecule has 1 N–H and O–H groups in total. The average molecular weight is 296 g/mol. The van der Waals surface area contributed by atoms with E-state index in [1.54, 1.807) is 24.3 Å². The first-order valence-corrected chi connectivity index (χ1v) is 8.59. The van der Waals surface area contributed by atoms with Crippen LogP contribution in [-0.2, 0) is 21.1 Å². The molecule has 5 heteroatoms. The number of benzene rings is 1. The molecular formula is C15H20O4S. The van der Waals surface area contributed by atoms with Crippen LogP contribution in [0.3, 0.4) is 0 Å². The van der Waals surface area contributed by atoms with E-state index in [4.69, 9.17) is 5.11 Å². The lowest BCUT2D eigenvalue weighted by Crippen LogP contribution is -2.24. The summed E-state index contributed by atoms with van der Waals surface area (Å²) in [4.78, 5) is 10.9. The van der Waals surface area contributed by atoms with Gasteiger partial charge in [0, 0.05) is 6.42 Å². The summed E-state index contributed by atoms with van der Waals surface area (Å²) in [6, 6.07) is 6.67. The van der Waals surface area contributed by atoms with Gasteiger partial charge in [-0.1, -0.05) is 31.4 Å². The second-order valence-corrected chi connectivity index (χ2v) is 7.57. The summed E-state index contributed by atoms with van der Waals surface area (Å²) in [7, 11) is -3.23. The van der Waals surface area contributed by atoms with Crippen molar-refractivity contribution in [2.75, 3.05) is 0 Å². The molecule has 0 atom stereocenters. The summed E-state index contributed by atoms with van der Waals surface area (Å²) < 4.78 is 24.9. The third-order valence-electron chi connectivity index (χ3n) is 3.87. The smallest absolute Gasteiger partial charge is 0.303 e. The van der Waals surface area contributed by atoms with Gasteiger partial charge in [-0.15, -0.1) is 0 Å². The maximum Gasteiger partial charge on any atom is 0.303 e. The number of sulfone groups is 1. The molecule has 0 saturated heterocycles. The average Bonchev–Trinajstić information content (AvgIpc) is 2.46. The lowest BCUT2D eigenvalue weighted by molar-refractivity contribution is -0.136. The zero-order chi connectivity index (χ0) is 14.6. The first kappa shape index (κ1) is 15.0. The number of carboxylic acids is 1. The number of carbonyl (C=O) groups is 1. The molecule has 0 amide bonds. The van der Waals surface area contributed by atoms with Gasteiger partial charge >= 0.3 is 5.97 Å². The normalized spacial score (nSPS) is 17.0. The second kappa shape index (κ2) is 6.39. The van der Waals surface area contributed by atoms with Gasteiger partial charge in [0.2, 0.25) is 0 Å². The molecule has 0 aromatic heterocycles. The van der Waals surface area contributed by atoms with Crippen molar-refractivity contribution in [2.45, 2.75) is 55.1 Å². The number of carboxylic acid groups (broad SMARTS) is 1. The lowest BCUT2D eigenvalue weighted by atomic mass is 10.0. The summed E-state index contributed by atoms with van der Waals surface area (Å²) >= 11 is 0. The van der Waals surface area contributed by atoms with Crippen LogP contribution < -0.4 is 0 Å². The van der Waals surface area contributed by atoms with E-state index in [1.165, 1.54) is 0 Å². The van der Waals surface area contributed by atoms with Crippen molar-refractivity contribution in [2.24, 2.45) is 0 Å². The Morgan fingerprint density at radius 3 is 2.25 bits per heavy atom. The predicted octanol–water partition coefficient (Wildman–Crippen LogP) is 2.81. The predicted molar refractivity (Wildman–Crippen MR) is 76.5 cm³/mol. The zero-order valence-electron chi connectivity index (χ0n) is 11.4. The van der Waals surface area contributed by atoms with Gasteiger partial charge in [0.15, 0.2) is 9.84 Å². The molecule has 0 spiro atoms. The van der Waals surface area contributed by atoms with E-state index in [0.717, 1.165) is 37.7 Å². The van der Waals surface area contributed by atoms with E-state index in [-0.39, 0.29) is 11.7 Å². The molecule has 1 aliphatic carbocycles. The van der Waals surface area contributed by atoms with Gasteiger partial charge in [-0.25, -0.2) is 8.42 Å². The number of hydrogen-bond donors (Lipinski definition) is 1. The minimum absolute atomic E-state index is 0.0642. The van der Waals surface area contributed by atoms with Crippen LogP contribution in [-0.4, -0.2) is 24.7 Å². The van der Waals surface area contributed by atoms with Gasteiger partial charge < -0.3 is 5.11 Å². The molecule has 0 bridgehead atoms. The number of hydrogen-bond acceptors (Lipinski definition) is 3. The van der Waals surface area contributed by atoms with Crippen molar-refractivity contribution in [3.63, 3.8) is 0 Å². The molecule has 1 aromatic rings. The van der Waals surface area contributed by atoms with Crippen molar-refractivity contribution >= 4 is 15.8 Å². The first-order valence-electron chi connectivity index (χ1n) is 7.05. The minimum Gasteiger partial charge on any atom is -0.481 e. The Balaban J connectivity index is 2.10. The standard InChI is InChI=1S/C15H20O4S/c16-15(17)11-8-12-6-9-14(10-7-12)20(18,19)13-4-2-1-3-5-13/h6-7,9-10,13H,1-5,8,11H2,(H,16,17). The van der Waals surface area contributed by atoms with Crippen LogP contribution in [0.25, 0.3) is 0 Å². The minimum atomic E-state index is -3.23. The fourth-order valence-electron chi connectivity index (χ4n) is 2.66. The molecule has 20 heavy (non-hydrogen) atoms. The molecule has 1 aliphatic rings. The van der Waals surface area contributed by atoms with Crippen LogP contribution >= 0.6 is 0 Å². The van der Waals surface area contributed by atoms with Crippen LogP contribution in [0.2, 0.25) is 0 Å². The van der Waals surface area contributed by atoms with Crippen LogP contribution in [0.4, 0.5) is 0 Å². The SMILES string of the molecule is O=C(O)CCc1ccc(S(=O)(=O)C2CCCCC2)cc1. The van der Waals surface area contributed by atoms with Crippen molar-refractivity contribution in [3.8, 4) is 0 Å². The third kappa shape index (κ3) is 3.60. The Hall–Kier alpha value is -1.36.